The van der Waals surface area contributed by atoms with Crippen LogP contribution in [0.2, 0.25) is 0 Å². The van der Waals surface area contributed by atoms with E-state index in [1.807, 2.05) is 9.47 Å². The van der Waals surface area contributed by atoms with E-state index in [4.69, 9.17) is 0 Å². The predicted octanol–water partition coefficient (Wildman–Crippen LogP) is 1.43. The Labute approximate surface area is 184 Å². The average molecular weight is 429 g/mol. The molecule has 1 aromatic heterocycles. The van der Waals surface area contributed by atoms with Gasteiger partial charge in [-0.15, -0.1) is 0 Å². The standard InChI is InChI=1S/C23H36N6O2/c30-22(20-17-28-14-15-29(16-18-4-5-18)23(31)21(28)25-20)24-8-13-26-11-6-19(7-12-26)27-9-2-1-3-10-27/h17-19H,1-16H2,(H,24,30). The zero-order valence-electron chi connectivity index (χ0n) is 18.6. The molecule has 1 aliphatic carbocycles. The number of aromatic nitrogens is 2. The number of likely N-dealkylation sites (tertiary alicyclic amines) is 2. The van der Waals surface area contributed by atoms with Gasteiger partial charge in [0.05, 0.1) is 0 Å². The fraction of sp³-hybridized carbons (Fsp3) is 0.783. The zero-order valence-corrected chi connectivity index (χ0v) is 18.6. The molecule has 1 N–H and O–H groups in total. The molecular weight excluding hydrogens is 392 g/mol. The number of carbonyl (C=O) groups is 2. The summed E-state index contributed by atoms with van der Waals surface area (Å²) in [5, 5.41) is 3.01. The van der Waals surface area contributed by atoms with Crippen LogP contribution in [0.3, 0.4) is 0 Å². The second-order valence-corrected chi connectivity index (χ2v) is 9.76. The van der Waals surface area contributed by atoms with Crippen molar-refractivity contribution in [3.05, 3.63) is 17.7 Å². The lowest BCUT2D eigenvalue weighted by molar-refractivity contribution is 0.0688. The summed E-state index contributed by atoms with van der Waals surface area (Å²) in [6.45, 7) is 8.54. The van der Waals surface area contributed by atoms with E-state index in [9.17, 15) is 9.59 Å². The molecule has 0 bridgehead atoms. The van der Waals surface area contributed by atoms with Gasteiger partial charge in [-0.25, -0.2) is 4.98 Å². The third-order valence-corrected chi connectivity index (χ3v) is 7.45. The van der Waals surface area contributed by atoms with E-state index in [2.05, 4.69) is 20.1 Å². The van der Waals surface area contributed by atoms with Gasteiger partial charge in [-0.2, -0.15) is 0 Å². The third-order valence-electron chi connectivity index (χ3n) is 7.45. The van der Waals surface area contributed by atoms with Gasteiger partial charge in [0, 0.05) is 45.0 Å². The molecule has 3 fully saturated rings. The molecule has 170 valence electrons. The highest BCUT2D eigenvalue weighted by molar-refractivity contribution is 5.96. The van der Waals surface area contributed by atoms with Gasteiger partial charge in [0.25, 0.3) is 11.8 Å². The number of nitrogens with one attached hydrogen (secondary N) is 1. The Kier molecular flexibility index (Phi) is 6.27. The minimum absolute atomic E-state index is 0.0335. The number of carbonyl (C=O) groups excluding carboxylic acids is 2. The molecule has 1 aromatic rings. The Morgan fingerprint density at radius 2 is 1.77 bits per heavy atom. The second-order valence-electron chi connectivity index (χ2n) is 9.76. The number of nitrogens with zero attached hydrogens (tertiary/aromatic N) is 5. The van der Waals surface area contributed by atoms with Gasteiger partial charge in [-0.1, -0.05) is 6.42 Å². The second kappa shape index (κ2) is 9.28. The summed E-state index contributed by atoms with van der Waals surface area (Å²) in [5.74, 6) is 0.871. The summed E-state index contributed by atoms with van der Waals surface area (Å²) in [6, 6.07) is 0.750. The maximum absolute atomic E-state index is 12.7. The van der Waals surface area contributed by atoms with E-state index in [1.165, 1.54) is 58.0 Å². The van der Waals surface area contributed by atoms with E-state index in [0.29, 0.717) is 30.5 Å². The SMILES string of the molecule is O=C(NCCN1CCC(N2CCCCC2)CC1)c1cn2c(n1)C(=O)N(CC1CC1)CC2. The number of hydrogen-bond acceptors (Lipinski definition) is 5. The lowest BCUT2D eigenvalue weighted by atomic mass is 10.00. The van der Waals surface area contributed by atoms with E-state index in [1.54, 1.807) is 6.20 Å². The van der Waals surface area contributed by atoms with Crippen molar-refractivity contribution >= 4 is 11.8 Å². The molecule has 4 aliphatic rings. The first-order valence-corrected chi connectivity index (χ1v) is 12.3. The number of hydrogen-bond donors (Lipinski definition) is 1. The predicted molar refractivity (Wildman–Crippen MR) is 118 cm³/mol. The molecule has 31 heavy (non-hydrogen) atoms. The van der Waals surface area contributed by atoms with Crippen LogP contribution in [-0.2, 0) is 6.54 Å². The van der Waals surface area contributed by atoms with Crippen LogP contribution in [-0.4, -0.2) is 94.5 Å². The van der Waals surface area contributed by atoms with Gasteiger partial charge in [-0.3, -0.25) is 9.59 Å². The van der Waals surface area contributed by atoms with Crippen LogP contribution in [0, 0.1) is 5.92 Å². The Hall–Kier alpha value is -1.93. The van der Waals surface area contributed by atoms with Crippen molar-refractivity contribution in [1.29, 1.82) is 0 Å². The van der Waals surface area contributed by atoms with Crippen molar-refractivity contribution in [1.82, 2.24) is 29.6 Å². The van der Waals surface area contributed by atoms with Crippen molar-refractivity contribution in [2.45, 2.75) is 57.5 Å². The van der Waals surface area contributed by atoms with Crippen molar-refractivity contribution in [3.63, 3.8) is 0 Å². The van der Waals surface area contributed by atoms with Crippen LogP contribution in [0.1, 0.15) is 66.1 Å². The van der Waals surface area contributed by atoms with Crippen LogP contribution in [0.25, 0.3) is 0 Å². The fourth-order valence-corrected chi connectivity index (χ4v) is 5.33. The van der Waals surface area contributed by atoms with E-state index in [-0.39, 0.29) is 11.8 Å². The number of amides is 2. The lowest BCUT2D eigenvalue weighted by Crippen LogP contribution is -2.48. The normalized spacial score (nSPS) is 23.7. The van der Waals surface area contributed by atoms with Crippen LogP contribution in [0.4, 0.5) is 0 Å². The molecule has 8 nitrogen and oxygen atoms in total. The summed E-state index contributed by atoms with van der Waals surface area (Å²) >= 11 is 0. The first kappa shape index (κ1) is 20.9. The highest BCUT2D eigenvalue weighted by Gasteiger charge is 2.32. The molecule has 5 rings (SSSR count). The summed E-state index contributed by atoms with van der Waals surface area (Å²) in [5.41, 5.74) is 0.362. The lowest BCUT2D eigenvalue weighted by Gasteiger charge is -2.40. The highest BCUT2D eigenvalue weighted by Crippen LogP contribution is 2.30. The minimum Gasteiger partial charge on any atom is -0.349 e. The monoisotopic (exact) mass is 428 g/mol. The van der Waals surface area contributed by atoms with Crippen molar-refractivity contribution in [2.24, 2.45) is 5.92 Å². The Balaban J connectivity index is 1.06. The molecule has 4 heterocycles. The highest BCUT2D eigenvalue weighted by atomic mass is 16.2. The first-order valence-electron chi connectivity index (χ1n) is 12.3. The van der Waals surface area contributed by atoms with Crippen molar-refractivity contribution in [2.75, 3.05) is 52.4 Å². The van der Waals surface area contributed by atoms with Crippen LogP contribution in [0.5, 0.6) is 0 Å². The Morgan fingerprint density at radius 3 is 2.52 bits per heavy atom. The van der Waals surface area contributed by atoms with Gasteiger partial charge >= 0.3 is 0 Å². The first-order chi connectivity index (χ1) is 15.2. The molecular formula is C23H36N6O2. The number of fused-ring (bicyclic) bond motifs is 1. The minimum atomic E-state index is -0.174. The van der Waals surface area contributed by atoms with E-state index in [0.717, 1.165) is 38.8 Å². The third kappa shape index (κ3) is 4.95. The number of piperidine rings is 2. The van der Waals surface area contributed by atoms with Gasteiger partial charge < -0.3 is 24.6 Å². The molecule has 0 spiro atoms. The molecule has 0 atom stereocenters. The number of rotatable bonds is 7. The molecule has 0 aromatic carbocycles. The van der Waals surface area contributed by atoms with Crippen molar-refractivity contribution in [3.8, 4) is 0 Å². The molecule has 2 amide bonds. The zero-order chi connectivity index (χ0) is 21.2. The summed E-state index contributed by atoms with van der Waals surface area (Å²) in [4.78, 5) is 36.7. The van der Waals surface area contributed by atoms with E-state index >= 15 is 0 Å². The Morgan fingerprint density at radius 1 is 1.00 bits per heavy atom. The van der Waals surface area contributed by atoms with Gasteiger partial charge in [0.1, 0.15) is 5.69 Å². The summed E-state index contributed by atoms with van der Waals surface area (Å²) in [7, 11) is 0. The summed E-state index contributed by atoms with van der Waals surface area (Å²) in [6.07, 6.45) is 10.8. The topological polar surface area (TPSA) is 73.7 Å². The Bertz CT molecular complexity index is 790. The molecule has 3 aliphatic heterocycles. The summed E-state index contributed by atoms with van der Waals surface area (Å²) < 4.78 is 1.84. The fourth-order valence-electron chi connectivity index (χ4n) is 5.33. The smallest absolute Gasteiger partial charge is 0.289 e. The molecule has 2 saturated heterocycles. The maximum Gasteiger partial charge on any atom is 0.289 e. The molecule has 0 unspecified atom stereocenters. The van der Waals surface area contributed by atoms with Crippen LogP contribution in [0.15, 0.2) is 6.20 Å². The average Bonchev–Trinajstić information content (AvgIpc) is 3.51. The molecule has 0 radical (unpaired) electrons. The number of imidazole rings is 1. The van der Waals surface area contributed by atoms with Gasteiger partial charge in [0.2, 0.25) is 0 Å². The van der Waals surface area contributed by atoms with E-state index < -0.39 is 0 Å². The molecule has 8 heteroatoms. The maximum atomic E-state index is 12.7. The van der Waals surface area contributed by atoms with Crippen LogP contribution < -0.4 is 5.32 Å². The van der Waals surface area contributed by atoms with Gasteiger partial charge in [0.15, 0.2) is 5.82 Å². The van der Waals surface area contributed by atoms with Crippen molar-refractivity contribution < 1.29 is 9.59 Å². The largest absolute Gasteiger partial charge is 0.349 e. The quantitative estimate of drug-likeness (QED) is 0.711. The van der Waals surface area contributed by atoms with Crippen LogP contribution >= 0.6 is 0 Å². The molecule has 1 saturated carbocycles. The van der Waals surface area contributed by atoms with Gasteiger partial charge in [-0.05, 0) is 70.6 Å².